The van der Waals surface area contributed by atoms with Crippen molar-refractivity contribution in [1.29, 1.82) is 0 Å². The first-order valence-corrected chi connectivity index (χ1v) is 7.25. The van der Waals surface area contributed by atoms with Crippen LogP contribution in [0.15, 0.2) is 41.0 Å². The van der Waals surface area contributed by atoms with Crippen molar-refractivity contribution in [1.82, 2.24) is 10.3 Å². The van der Waals surface area contributed by atoms with Gasteiger partial charge in [-0.05, 0) is 30.5 Å². The molecular weight excluding hydrogens is 288 g/mol. The highest BCUT2D eigenvalue weighted by molar-refractivity contribution is 7.09. The van der Waals surface area contributed by atoms with Crippen LogP contribution in [0.1, 0.15) is 27.9 Å². The number of nitrogens with two attached hydrogens (primary N) is 1. The summed E-state index contributed by atoms with van der Waals surface area (Å²) in [5, 5.41) is 16.3. The van der Waals surface area contributed by atoms with Crippen LogP contribution in [0.25, 0.3) is 0 Å². The molecule has 21 heavy (non-hydrogen) atoms. The zero-order valence-electron chi connectivity index (χ0n) is 11.5. The van der Waals surface area contributed by atoms with E-state index < -0.39 is 0 Å². The summed E-state index contributed by atoms with van der Waals surface area (Å²) in [5.41, 5.74) is 6.19. The Bertz CT molecular complexity index is 623. The average molecular weight is 304 g/mol. The third-order valence-electron chi connectivity index (χ3n) is 2.86. The third kappa shape index (κ3) is 4.03. The van der Waals surface area contributed by atoms with E-state index in [1.165, 1.54) is 11.1 Å². The zero-order valence-corrected chi connectivity index (χ0v) is 12.3. The number of hydrogen-bond donors (Lipinski definition) is 3. The summed E-state index contributed by atoms with van der Waals surface area (Å²) in [4.78, 5) is 17.3. The van der Waals surface area contributed by atoms with Gasteiger partial charge in [0.1, 0.15) is 5.69 Å². The Morgan fingerprint density at radius 3 is 2.90 bits per heavy atom. The van der Waals surface area contributed by atoms with Gasteiger partial charge in [0.25, 0.3) is 5.91 Å². The average Bonchev–Trinajstić information content (AvgIpc) is 2.99. The zero-order chi connectivity index (χ0) is 15.2. The first-order valence-electron chi connectivity index (χ1n) is 6.37. The van der Waals surface area contributed by atoms with Gasteiger partial charge in [0, 0.05) is 29.1 Å². The topological polar surface area (TPSA) is 101 Å². The summed E-state index contributed by atoms with van der Waals surface area (Å²) >= 11 is 1.66. The molecule has 2 aromatic rings. The molecule has 2 heterocycles. The molecular formula is C14H16N4O2S. The number of carbonyl (C=O) groups excluding carboxylic acids is 1. The van der Waals surface area contributed by atoms with Gasteiger partial charge in [0.05, 0.1) is 0 Å². The van der Waals surface area contributed by atoms with Gasteiger partial charge in [-0.3, -0.25) is 9.78 Å². The van der Waals surface area contributed by atoms with E-state index in [2.05, 4.69) is 15.5 Å². The number of amides is 1. The molecule has 0 radical (unpaired) electrons. The second-order valence-electron chi connectivity index (χ2n) is 4.58. The van der Waals surface area contributed by atoms with Crippen molar-refractivity contribution in [3.8, 4) is 0 Å². The molecule has 0 bridgehead atoms. The van der Waals surface area contributed by atoms with Crippen molar-refractivity contribution in [2.75, 3.05) is 0 Å². The normalized spacial score (nSPS) is 12.9. The summed E-state index contributed by atoms with van der Waals surface area (Å²) in [5.74, 6) is -0.286. The van der Waals surface area contributed by atoms with Crippen LogP contribution in [0.4, 0.5) is 0 Å². The molecule has 0 aromatic carbocycles. The maximum Gasteiger partial charge on any atom is 0.270 e. The Morgan fingerprint density at radius 2 is 2.33 bits per heavy atom. The van der Waals surface area contributed by atoms with Crippen molar-refractivity contribution in [2.24, 2.45) is 10.9 Å². The van der Waals surface area contributed by atoms with E-state index in [0.717, 1.165) is 6.42 Å². The van der Waals surface area contributed by atoms with Crippen molar-refractivity contribution in [2.45, 2.75) is 19.4 Å². The lowest BCUT2D eigenvalue weighted by atomic mass is 10.2. The number of rotatable bonds is 5. The second-order valence-corrected chi connectivity index (χ2v) is 5.61. The van der Waals surface area contributed by atoms with Gasteiger partial charge in [-0.2, -0.15) is 0 Å². The van der Waals surface area contributed by atoms with E-state index in [1.54, 1.807) is 23.5 Å². The van der Waals surface area contributed by atoms with E-state index in [4.69, 9.17) is 10.9 Å². The second kappa shape index (κ2) is 6.85. The first kappa shape index (κ1) is 15.0. The van der Waals surface area contributed by atoms with Crippen LogP contribution in [0.3, 0.4) is 0 Å². The van der Waals surface area contributed by atoms with Crippen LogP contribution in [0.5, 0.6) is 0 Å². The molecule has 1 atom stereocenters. The Morgan fingerprint density at radius 1 is 1.52 bits per heavy atom. The third-order valence-corrected chi connectivity index (χ3v) is 3.76. The highest BCUT2D eigenvalue weighted by atomic mass is 32.1. The molecule has 110 valence electrons. The predicted octanol–water partition coefficient (Wildman–Crippen LogP) is 1.60. The van der Waals surface area contributed by atoms with Crippen LogP contribution in [-0.2, 0) is 6.42 Å². The van der Waals surface area contributed by atoms with E-state index in [9.17, 15) is 4.79 Å². The predicted molar refractivity (Wildman–Crippen MR) is 81.7 cm³/mol. The Kier molecular flexibility index (Phi) is 4.89. The van der Waals surface area contributed by atoms with Gasteiger partial charge in [0.2, 0.25) is 0 Å². The molecule has 0 spiro atoms. The molecule has 4 N–H and O–H groups in total. The summed E-state index contributed by atoms with van der Waals surface area (Å²) < 4.78 is 0. The molecule has 2 rings (SSSR count). The van der Waals surface area contributed by atoms with Crippen molar-refractivity contribution < 1.29 is 10.0 Å². The van der Waals surface area contributed by atoms with E-state index in [1.807, 2.05) is 24.4 Å². The van der Waals surface area contributed by atoms with Crippen LogP contribution in [-0.4, -0.2) is 28.0 Å². The maximum absolute atomic E-state index is 12.1. The summed E-state index contributed by atoms with van der Waals surface area (Å²) in [6.07, 6.45) is 2.18. The maximum atomic E-state index is 12.1. The minimum Gasteiger partial charge on any atom is -0.409 e. The van der Waals surface area contributed by atoms with Crippen LogP contribution in [0.2, 0.25) is 0 Å². The van der Waals surface area contributed by atoms with Crippen molar-refractivity contribution >= 4 is 23.1 Å². The molecule has 1 unspecified atom stereocenters. The molecule has 2 aromatic heterocycles. The number of pyridine rings is 1. The monoisotopic (exact) mass is 304 g/mol. The lowest BCUT2D eigenvalue weighted by molar-refractivity contribution is 0.0935. The fourth-order valence-electron chi connectivity index (χ4n) is 1.82. The molecule has 0 saturated carbocycles. The minimum absolute atomic E-state index is 0.0155. The van der Waals surface area contributed by atoms with Gasteiger partial charge in [-0.1, -0.05) is 11.2 Å². The molecule has 6 nitrogen and oxygen atoms in total. The lowest BCUT2D eigenvalue weighted by Crippen LogP contribution is -2.34. The standard InChI is InChI=1S/C14H16N4O2S/c1-9(7-11-3-2-6-21-11)17-14(19)12-5-4-10(8-16-12)13(15)18-20/h2-6,8-9,20H,7H2,1H3,(H2,15,18)(H,17,19). The number of thiophene rings is 1. The molecule has 0 aliphatic heterocycles. The van der Waals surface area contributed by atoms with Gasteiger partial charge in [-0.25, -0.2) is 0 Å². The van der Waals surface area contributed by atoms with E-state index in [-0.39, 0.29) is 17.8 Å². The van der Waals surface area contributed by atoms with Crippen LogP contribution >= 0.6 is 11.3 Å². The largest absolute Gasteiger partial charge is 0.409 e. The molecule has 0 fully saturated rings. The smallest absolute Gasteiger partial charge is 0.270 e. The SMILES string of the molecule is CC(Cc1cccs1)NC(=O)c1ccc(C(N)=NO)cn1. The van der Waals surface area contributed by atoms with Gasteiger partial charge >= 0.3 is 0 Å². The minimum atomic E-state index is -0.245. The van der Waals surface area contributed by atoms with Gasteiger partial charge in [0.15, 0.2) is 5.84 Å². The summed E-state index contributed by atoms with van der Waals surface area (Å²) in [6.45, 7) is 1.95. The fourth-order valence-corrected chi connectivity index (χ4v) is 2.65. The molecule has 7 heteroatoms. The summed E-state index contributed by atoms with van der Waals surface area (Å²) in [6, 6.07) is 7.17. The molecule has 0 aliphatic carbocycles. The number of hydrogen-bond acceptors (Lipinski definition) is 5. The number of amidine groups is 1. The number of aromatic nitrogens is 1. The van der Waals surface area contributed by atoms with Crippen molar-refractivity contribution in [3.63, 3.8) is 0 Å². The Hall–Kier alpha value is -2.41. The molecule has 0 aliphatic rings. The number of oxime groups is 1. The highest BCUT2D eigenvalue weighted by Gasteiger charge is 2.12. The van der Waals surface area contributed by atoms with Gasteiger partial charge in [-0.15, -0.1) is 11.3 Å². The van der Waals surface area contributed by atoms with E-state index in [0.29, 0.717) is 11.3 Å². The number of carbonyl (C=O) groups is 1. The summed E-state index contributed by atoms with van der Waals surface area (Å²) in [7, 11) is 0. The number of nitrogens with one attached hydrogen (secondary N) is 1. The highest BCUT2D eigenvalue weighted by Crippen LogP contribution is 2.11. The van der Waals surface area contributed by atoms with Crippen molar-refractivity contribution in [3.05, 3.63) is 52.0 Å². The molecule has 1 amide bonds. The van der Waals surface area contributed by atoms with Crippen LogP contribution in [0, 0.1) is 0 Å². The number of nitrogens with zero attached hydrogens (tertiary/aromatic N) is 2. The quantitative estimate of drug-likeness (QED) is 0.338. The fraction of sp³-hybridized carbons (Fsp3) is 0.214. The lowest BCUT2D eigenvalue weighted by Gasteiger charge is -2.12. The first-order chi connectivity index (χ1) is 10.1. The van der Waals surface area contributed by atoms with Gasteiger partial charge < -0.3 is 16.3 Å². The van der Waals surface area contributed by atoms with Crippen LogP contribution < -0.4 is 11.1 Å². The Labute approximate surface area is 126 Å². The molecule has 0 saturated heterocycles. The Balaban J connectivity index is 1.96. The van der Waals surface area contributed by atoms with E-state index >= 15 is 0 Å².